The van der Waals surface area contributed by atoms with E-state index in [-0.39, 0.29) is 5.56 Å². The molecule has 0 bridgehead atoms. The van der Waals surface area contributed by atoms with Gasteiger partial charge in [0.25, 0.3) is 5.91 Å². The first kappa shape index (κ1) is 13.6. The highest BCUT2D eigenvalue weighted by molar-refractivity contribution is 5.97. The van der Waals surface area contributed by atoms with Crippen molar-refractivity contribution in [3.8, 4) is 0 Å². The van der Waals surface area contributed by atoms with Crippen molar-refractivity contribution < 1.29 is 23.9 Å². The number of primary amides is 1. The molecular weight excluding hydrogens is 245 g/mol. The number of hydrogen-bond acceptors (Lipinski definition) is 4. The molecule has 7 nitrogen and oxygen atoms in total. The Morgan fingerprint density at radius 2 is 2.11 bits per heavy atom. The number of carbonyl (C=O) groups excluding carboxylic acids is 2. The topological polar surface area (TPSA) is 122 Å². The van der Waals surface area contributed by atoms with Crippen LogP contribution in [0.5, 0.6) is 0 Å². The van der Waals surface area contributed by atoms with Crippen molar-refractivity contribution in [1.82, 2.24) is 10.3 Å². The van der Waals surface area contributed by atoms with Crippen LogP contribution in [0.2, 0.25) is 0 Å². The Morgan fingerprint density at radius 3 is 2.61 bits per heavy atom. The molecule has 1 atom stereocenters. The lowest BCUT2D eigenvalue weighted by Gasteiger charge is -2.12. The summed E-state index contributed by atoms with van der Waals surface area (Å²) in [6.45, 7) is 0. The number of carbonyl (C=O) groups is 3. The van der Waals surface area contributed by atoms with Crippen molar-refractivity contribution in [3.05, 3.63) is 29.8 Å². The van der Waals surface area contributed by atoms with Crippen molar-refractivity contribution in [2.45, 2.75) is 12.5 Å². The SMILES string of the molecule is NC(=O)C[C@@H](NC(=O)c1cncc(F)c1)C(=O)O. The predicted molar refractivity (Wildman–Crippen MR) is 56.9 cm³/mol. The number of nitrogens with one attached hydrogen (secondary N) is 1. The molecule has 0 saturated carbocycles. The quantitative estimate of drug-likeness (QED) is 0.640. The highest BCUT2D eigenvalue weighted by Crippen LogP contribution is 2.02. The molecule has 1 rings (SSSR count). The lowest BCUT2D eigenvalue weighted by molar-refractivity contribution is -0.140. The Hall–Kier alpha value is -2.51. The Bertz CT molecular complexity index is 492. The third kappa shape index (κ3) is 3.81. The van der Waals surface area contributed by atoms with Crippen LogP contribution in [0.4, 0.5) is 4.39 Å². The lowest BCUT2D eigenvalue weighted by atomic mass is 10.2. The molecule has 0 saturated heterocycles. The average Bonchev–Trinajstić information content (AvgIpc) is 2.27. The number of amides is 2. The van der Waals surface area contributed by atoms with E-state index in [1.165, 1.54) is 0 Å². The molecular formula is C10H10FN3O4. The Labute approximate surface area is 101 Å². The summed E-state index contributed by atoms with van der Waals surface area (Å²) in [6, 6.07) is -0.566. The Morgan fingerprint density at radius 1 is 1.44 bits per heavy atom. The van der Waals surface area contributed by atoms with Crippen LogP contribution in [-0.2, 0) is 9.59 Å². The number of rotatable bonds is 5. The molecule has 0 aliphatic heterocycles. The third-order valence-corrected chi connectivity index (χ3v) is 1.98. The van der Waals surface area contributed by atoms with Gasteiger partial charge in [-0.25, -0.2) is 9.18 Å². The number of nitrogens with zero attached hydrogens (tertiary/aromatic N) is 1. The van der Waals surface area contributed by atoms with E-state index in [1.807, 2.05) is 5.32 Å². The number of carboxylic acid groups (broad SMARTS) is 1. The molecule has 1 heterocycles. The van der Waals surface area contributed by atoms with Gasteiger partial charge in [-0.15, -0.1) is 0 Å². The van der Waals surface area contributed by atoms with Crippen LogP contribution < -0.4 is 11.1 Å². The summed E-state index contributed by atoms with van der Waals surface area (Å²) in [6.07, 6.45) is 1.42. The molecule has 18 heavy (non-hydrogen) atoms. The zero-order valence-electron chi connectivity index (χ0n) is 9.09. The summed E-state index contributed by atoms with van der Waals surface area (Å²) >= 11 is 0. The lowest BCUT2D eigenvalue weighted by Crippen LogP contribution is -2.43. The fraction of sp³-hybridized carbons (Fsp3) is 0.200. The maximum atomic E-state index is 12.8. The van der Waals surface area contributed by atoms with E-state index >= 15 is 0 Å². The van der Waals surface area contributed by atoms with E-state index in [9.17, 15) is 18.8 Å². The molecule has 1 aromatic rings. The highest BCUT2D eigenvalue weighted by Gasteiger charge is 2.22. The van der Waals surface area contributed by atoms with E-state index < -0.39 is 36.1 Å². The smallest absolute Gasteiger partial charge is 0.326 e. The molecule has 0 unspecified atom stereocenters. The van der Waals surface area contributed by atoms with Gasteiger partial charge < -0.3 is 16.2 Å². The van der Waals surface area contributed by atoms with Crippen LogP contribution in [0.1, 0.15) is 16.8 Å². The normalized spacial score (nSPS) is 11.6. The van der Waals surface area contributed by atoms with Crippen molar-refractivity contribution >= 4 is 17.8 Å². The van der Waals surface area contributed by atoms with E-state index in [0.29, 0.717) is 0 Å². The monoisotopic (exact) mass is 255 g/mol. The first-order valence-corrected chi connectivity index (χ1v) is 4.82. The molecule has 0 fully saturated rings. The van der Waals surface area contributed by atoms with Gasteiger partial charge in [-0.2, -0.15) is 0 Å². The molecule has 0 aliphatic carbocycles. The van der Waals surface area contributed by atoms with Gasteiger partial charge in [-0.05, 0) is 6.07 Å². The fourth-order valence-corrected chi connectivity index (χ4v) is 1.18. The van der Waals surface area contributed by atoms with Gasteiger partial charge in [0.05, 0.1) is 18.2 Å². The van der Waals surface area contributed by atoms with Crippen LogP contribution in [0.3, 0.4) is 0 Å². The third-order valence-electron chi connectivity index (χ3n) is 1.98. The molecule has 1 aromatic heterocycles. The number of nitrogens with two attached hydrogens (primary N) is 1. The molecule has 96 valence electrons. The number of aromatic nitrogens is 1. The minimum absolute atomic E-state index is 0.147. The minimum Gasteiger partial charge on any atom is -0.480 e. The van der Waals surface area contributed by atoms with Crippen molar-refractivity contribution in [2.24, 2.45) is 5.73 Å². The van der Waals surface area contributed by atoms with Crippen molar-refractivity contribution in [2.75, 3.05) is 0 Å². The van der Waals surface area contributed by atoms with E-state index in [2.05, 4.69) is 4.98 Å². The second-order valence-electron chi connectivity index (χ2n) is 3.43. The summed E-state index contributed by atoms with van der Waals surface area (Å²) < 4.78 is 12.8. The number of halogens is 1. The van der Waals surface area contributed by atoms with Crippen LogP contribution in [0, 0.1) is 5.82 Å². The second-order valence-corrected chi connectivity index (χ2v) is 3.43. The van der Waals surface area contributed by atoms with Gasteiger partial charge in [0.15, 0.2) is 0 Å². The van der Waals surface area contributed by atoms with Crippen LogP contribution in [0.15, 0.2) is 18.5 Å². The van der Waals surface area contributed by atoms with Gasteiger partial charge in [-0.3, -0.25) is 14.6 Å². The molecule has 4 N–H and O–H groups in total. The summed E-state index contributed by atoms with van der Waals surface area (Å²) in [5.74, 6) is -3.87. The highest BCUT2D eigenvalue weighted by atomic mass is 19.1. The largest absolute Gasteiger partial charge is 0.480 e. The molecule has 0 aliphatic rings. The summed E-state index contributed by atoms with van der Waals surface area (Å²) in [5.41, 5.74) is 4.70. The molecule has 0 radical (unpaired) electrons. The fourth-order valence-electron chi connectivity index (χ4n) is 1.18. The Kier molecular flexibility index (Phi) is 4.30. The molecule has 8 heteroatoms. The second kappa shape index (κ2) is 5.71. The Balaban J connectivity index is 2.78. The van der Waals surface area contributed by atoms with Crippen LogP contribution >= 0.6 is 0 Å². The van der Waals surface area contributed by atoms with Crippen molar-refractivity contribution in [1.29, 1.82) is 0 Å². The van der Waals surface area contributed by atoms with Crippen LogP contribution in [0.25, 0.3) is 0 Å². The molecule has 0 aromatic carbocycles. The summed E-state index contributed by atoms with van der Waals surface area (Å²) in [4.78, 5) is 36.4. The first-order valence-electron chi connectivity index (χ1n) is 4.82. The minimum atomic E-state index is -1.46. The summed E-state index contributed by atoms with van der Waals surface area (Å²) in [7, 11) is 0. The number of pyridine rings is 1. The first-order chi connectivity index (χ1) is 8.40. The van der Waals surface area contributed by atoms with Crippen LogP contribution in [-0.4, -0.2) is 33.9 Å². The average molecular weight is 255 g/mol. The van der Waals surface area contributed by atoms with E-state index in [1.54, 1.807) is 0 Å². The zero-order valence-corrected chi connectivity index (χ0v) is 9.09. The number of hydrogen-bond donors (Lipinski definition) is 3. The van der Waals surface area contributed by atoms with Gasteiger partial charge in [-0.1, -0.05) is 0 Å². The standard InChI is InChI=1S/C10H10FN3O4/c11-6-1-5(3-13-4-6)9(16)14-7(10(17)18)2-8(12)15/h1,3-4,7H,2H2,(H2,12,15)(H,14,16)(H,17,18)/t7-/m1/s1. The van der Waals surface area contributed by atoms with E-state index in [0.717, 1.165) is 18.5 Å². The van der Waals surface area contributed by atoms with Gasteiger partial charge >= 0.3 is 5.97 Å². The predicted octanol–water partition coefficient (Wildman–Crippen LogP) is -0.721. The number of aliphatic carboxylic acids is 1. The summed E-state index contributed by atoms with van der Waals surface area (Å²) in [5, 5.41) is 10.8. The molecule has 2 amide bonds. The van der Waals surface area contributed by atoms with Crippen molar-refractivity contribution in [3.63, 3.8) is 0 Å². The van der Waals surface area contributed by atoms with Gasteiger partial charge in [0.1, 0.15) is 11.9 Å². The maximum Gasteiger partial charge on any atom is 0.326 e. The van der Waals surface area contributed by atoms with Gasteiger partial charge in [0.2, 0.25) is 5.91 Å². The zero-order chi connectivity index (χ0) is 13.7. The van der Waals surface area contributed by atoms with Gasteiger partial charge in [0, 0.05) is 6.20 Å². The molecule has 0 spiro atoms. The van der Waals surface area contributed by atoms with E-state index in [4.69, 9.17) is 10.8 Å². The maximum absolute atomic E-state index is 12.8. The number of carboxylic acids is 1.